The molecule has 2 aromatic rings. The normalized spacial score (nSPS) is 10.9. The van der Waals surface area contributed by atoms with Crippen molar-refractivity contribution in [1.29, 1.82) is 0 Å². The largest absolute Gasteiger partial charge is 0.452 e. The van der Waals surface area contributed by atoms with E-state index in [2.05, 4.69) is 10.4 Å². The molecule has 0 aliphatic rings. The van der Waals surface area contributed by atoms with E-state index in [4.69, 9.17) is 21.1 Å². The lowest BCUT2D eigenvalue weighted by Gasteiger charge is -2.04. The molecule has 7 nitrogen and oxygen atoms in total. The highest BCUT2D eigenvalue weighted by atomic mass is 35.5. The molecule has 0 saturated heterocycles. The van der Waals surface area contributed by atoms with Gasteiger partial charge >= 0.3 is 5.97 Å². The van der Waals surface area contributed by atoms with E-state index in [1.54, 1.807) is 4.68 Å². The third kappa shape index (κ3) is 6.54. The molecule has 0 aliphatic carbocycles. The lowest BCUT2D eigenvalue weighted by molar-refractivity contribution is -0.143. The molecule has 27 heavy (non-hydrogen) atoms. The molecular formula is C19H22ClN3O4. The molecule has 0 radical (unpaired) electrons. The third-order valence-corrected chi connectivity index (χ3v) is 4.04. The van der Waals surface area contributed by atoms with Gasteiger partial charge in [0.05, 0.1) is 18.8 Å². The predicted octanol–water partition coefficient (Wildman–Crippen LogP) is 2.21. The summed E-state index contributed by atoms with van der Waals surface area (Å²) >= 11 is 6.38. The minimum atomic E-state index is -0.636. The number of nitrogens with one attached hydrogen (secondary N) is 1. The summed E-state index contributed by atoms with van der Waals surface area (Å²) in [5.74, 6) is -1.03. The quantitative estimate of drug-likeness (QED) is 0.402. The number of carbonyl (C=O) groups is 2. The highest BCUT2D eigenvalue weighted by Gasteiger charge is 2.12. The van der Waals surface area contributed by atoms with Crippen molar-refractivity contribution >= 4 is 29.6 Å². The molecule has 0 saturated carbocycles. The van der Waals surface area contributed by atoms with Crippen molar-refractivity contribution in [3.8, 4) is 0 Å². The first-order chi connectivity index (χ1) is 13.0. The molecule has 1 N–H and O–H groups in total. The van der Waals surface area contributed by atoms with Crippen LogP contribution >= 0.6 is 11.6 Å². The molecular weight excluding hydrogens is 370 g/mol. The first-order valence-corrected chi connectivity index (χ1v) is 8.76. The number of aryl methyl sites for hydroxylation is 1. The Kier molecular flexibility index (Phi) is 8.03. The molecule has 8 heteroatoms. The maximum atomic E-state index is 11.8. The van der Waals surface area contributed by atoms with Crippen molar-refractivity contribution in [2.24, 2.45) is 0 Å². The van der Waals surface area contributed by atoms with Crippen LogP contribution in [-0.2, 0) is 25.6 Å². The number of ether oxygens (including phenoxy) is 2. The molecule has 0 aliphatic heterocycles. The number of benzene rings is 1. The van der Waals surface area contributed by atoms with E-state index in [1.807, 2.05) is 37.3 Å². The van der Waals surface area contributed by atoms with E-state index in [0.717, 1.165) is 5.56 Å². The number of halogens is 1. The lowest BCUT2D eigenvalue weighted by atomic mass is 10.2. The van der Waals surface area contributed by atoms with Crippen LogP contribution in [0, 0.1) is 6.92 Å². The first-order valence-electron chi connectivity index (χ1n) is 8.38. The Morgan fingerprint density at radius 3 is 2.74 bits per heavy atom. The van der Waals surface area contributed by atoms with Crippen LogP contribution in [0.4, 0.5) is 0 Å². The number of hydrogen-bond donors (Lipinski definition) is 1. The van der Waals surface area contributed by atoms with Gasteiger partial charge in [0, 0.05) is 25.3 Å². The summed E-state index contributed by atoms with van der Waals surface area (Å²) in [6.45, 7) is 2.73. The molecule has 0 atom stereocenters. The summed E-state index contributed by atoms with van der Waals surface area (Å²) < 4.78 is 11.4. The summed E-state index contributed by atoms with van der Waals surface area (Å²) in [6.07, 6.45) is 2.77. The minimum absolute atomic E-state index is 0.354. The second-order valence-electron chi connectivity index (χ2n) is 5.72. The average molecular weight is 392 g/mol. The maximum Gasteiger partial charge on any atom is 0.331 e. The van der Waals surface area contributed by atoms with Crippen LogP contribution in [-0.4, -0.2) is 48.5 Å². The van der Waals surface area contributed by atoms with Gasteiger partial charge in [0.1, 0.15) is 5.15 Å². The Labute approximate surface area is 162 Å². The van der Waals surface area contributed by atoms with Crippen LogP contribution in [0.5, 0.6) is 0 Å². The number of amides is 1. The summed E-state index contributed by atoms with van der Waals surface area (Å²) in [7, 11) is 1.53. The number of methoxy groups -OCH3 is 1. The van der Waals surface area contributed by atoms with Gasteiger partial charge in [-0.3, -0.25) is 4.79 Å². The van der Waals surface area contributed by atoms with Crippen LogP contribution < -0.4 is 5.32 Å². The zero-order valence-electron chi connectivity index (χ0n) is 15.3. The molecule has 144 valence electrons. The second kappa shape index (κ2) is 10.5. The third-order valence-electron chi connectivity index (χ3n) is 3.64. The topological polar surface area (TPSA) is 82.4 Å². The van der Waals surface area contributed by atoms with Crippen molar-refractivity contribution in [2.45, 2.75) is 13.5 Å². The van der Waals surface area contributed by atoms with Gasteiger partial charge in [-0.05, 0) is 18.6 Å². The Morgan fingerprint density at radius 1 is 1.30 bits per heavy atom. The van der Waals surface area contributed by atoms with Crippen molar-refractivity contribution in [3.05, 3.63) is 58.4 Å². The number of esters is 1. The van der Waals surface area contributed by atoms with Gasteiger partial charge in [-0.15, -0.1) is 0 Å². The van der Waals surface area contributed by atoms with Crippen LogP contribution in [0.2, 0.25) is 5.15 Å². The van der Waals surface area contributed by atoms with Crippen LogP contribution in [0.15, 0.2) is 36.4 Å². The molecule has 1 amide bonds. The number of carbonyl (C=O) groups excluding carboxylic acids is 2. The van der Waals surface area contributed by atoms with E-state index in [-0.39, 0.29) is 6.61 Å². The van der Waals surface area contributed by atoms with Crippen LogP contribution in [0.1, 0.15) is 16.8 Å². The zero-order valence-corrected chi connectivity index (χ0v) is 16.0. The molecule has 0 bridgehead atoms. The average Bonchev–Trinajstić information content (AvgIpc) is 2.92. The van der Waals surface area contributed by atoms with Gasteiger partial charge in [-0.2, -0.15) is 5.10 Å². The molecule has 0 unspecified atom stereocenters. The van der Waals surface area contributed by atoms with Crippen molar-refractivity contribution in [1.82, 2.24) is 15.1 Å². The smallest absolute Gasteiger partial charge is 0.331 e. The Hall–Kier alpha value is -2.64. The fraction of sp³-hybridized carbons (Fsp3) is 0.316. The monoisotopic (exact) mass is 391 g/mol. The number of hydrogen-bond acceptors (Lipinski definition) is 5. The molecule has 0 spiro atoms. The van der Waals surface area contributed by atoms with Crippen LogP contribution in [0.3, 0.4) is 0 Å². The maximum absolute atomic E-state index is 11.8. The van der Waals surface area contributed by atoms with Gasteiger partial charge in [-0.25, -0.2) is 9.48 Å². The van der Waals surface area contributed by atoms with E-state index in [1.165, 1.54) is 19.3 Å². The summed E-state index contributed by atoms with van der Waals surface area (Å²) in [5, 5.41) is 7.39. The molecule has 1 aromatic heterocycles. The van der Waals surface area contributed by atoms with E-state index < -0.39 is 11.9 Å². The summed E-state index contributed by atoms with van der Waals surface area (Å²) in [6, 6.07) is 9.80. The van der Waals surface area contributed by atoms with Crippen molar-refractivity contribution in [2.75, 3.05) is 26.9 Å². The van der Waals surface area contributed by atoms with E-state index >= 15 is 0 Å². The number of aromatic nitrogens is 2. The second-order valence-corrected chi connectivity index (χ2v) is 6.07. The van der Waals surface area contributed by atoms with Gasteiger partial charge < -0.3 is 14.8 Å². The van der Waals surface area contributed by atoms with Gasteiger partial charge in [-0.1, -0.05) is 41.9 Å². The molecule has 1 aromatic carbocycles. The summed E-state index contributed by atoms with van der Waals surface area (Å²) in [5.41, 5.74) is 2.39. The summed E-state index contributed by atoms with van der Waals surface area (Å²) in [4.78, 5) is 23.3. The first kappa shape index (κ1) is 20.7. The fourth-order valence-corrected chi connectivity index (χ4v) is 2.59. The highest BCUT2D eigenvalue weighted by Crippen LogP contribution is 2.22. The van der Waals surface area contributed by atoms with E-state index in [9.17, 15) is 9.59 Å². The van der Waals surface area contributed by atoms with E-state index in [0.29, 0.717) is 36.1 Å². The number of nitrogens with zero attached hydrogens (tertiary/aromatic N) is 2. The lowest BCUT2D eigenvalue weighted by Crippen LogP contribution is -2.31. The number of rotatable bonds is 9. The highest BCUT2D eigenvalue weighted by molar-refractivity contribution is 6.31. The van der Waals surface area contributed by atoms with Gasteiger partial charge in [0.2, 0.25) is 0 Å². The van der Waals surface area contributed by atoms with Crippen molar-refractivity contribution in [3.63, 3.8) is 0 Å². The Morgan fingerprint density at radius 2 is 2.04 bits per heavy atom. The SMILES string of the molecule is COCCNC(=O)COC(=O)/C=C/c1c(C)nn(Cc2ccccc2)c1Cl. The predicted molar refractivity (Wildman–Crippen MR) is 102 cm³/mol. The van der Waals surface area contributed by atoms with Crippen LogP contribution in [0.25, 0.3) is 6.08 Å². The zero-order chi connectivity index (χ0) is 19.6. The Bertz CT molecular complexity index is 803. The molecule has 1 heterocycles. The van der Waals surface area contributed by atoms with Gasteiger partial charge in [0.15, 0.2) is 6.61 Å². The molecule has 2 rings (SSSR count). The minimum Gasteiger partial charge on any atom is -0.452 e. The van der Waals surface area contributed by atoms with Gasteiger partial charge in [0.25, 0.3) is 5.91 Å². The Balaban J connectivity index is 1.92. The standard InChI is InChI=1S/C19H22ClN3O4/c1-14-16(8-9-18(25)27-13-17(24)21-10-11-26-2)19(20)23(22-14)12-15-6-4-3-5-7-15/h3-9H,10-13H2,1-2H3,(H,21,24)/b9-8+. The molecule has 0 fully saturated rings. The fourth-order valence-electron chi connectivity index (χ4n) is 2.30. The van der Waals surface area contributed by atoms with Crippen molar-refractivity contribution < 1.29 is 19.1 Å².